The van der Waals surface area contributed by atoms with E-state index in [1.54, 1.807) is 12.4 Å². The molecule has 9 nitrogen and oxygen atoms in total. The second kappa shape index (κ2) is 7.71. The monoisotopic (exact) mass is 371 g/mol. The minimum absolute atomic E-state index is 0.0569. The van der Waals surface area contributed by atoms with Gasteiger partial charge < -0.3 is 15.2 Å². The molecule has 27 heavy (non-hydrogen) atoms. The van der Waals surface area contributed by atoms with E-state index >= 15 is 0 Å². The SMILES string of the molecule is CC(C)C(NC(=O)C1NNC2CCNCC21)c1nc(-c2cccnc2)no1. The van der Waals surface area contributed by atoms with E-state index in [4.69, 9.17) is 4.52 Å². The first kappa shape index (κ1) is 18.0. The molecule has 0 saturated carbocycles. The highest BCUT2D eigenvalue weighted by atomic mass is 16.5. The Labute approximate surface area is 157 Å². The summed E-state index contributed by atoms with van der Waals surface area (Å²) in [5, 5.41) is 10.5. The molecular weight excluding hydrogens is 346 g/mol. The van der Waals surface area contributed by atoms with E-state index in [2.05, 4.69) is 36.6 Å². The normalized spacial score (nSPS) is 26.0. The number of pyridine rings is 1. The van der Waals surface area contributed by atoms with Crippen LogP contribution in [0.3, 0.4) is 0 Å². The van der Waals surface area contributed by atoms with E-state index in [0.29, 0.717) is 17.8 Å². The third kappa shape index (κ3) is 3.71. The number of aromatic nitrogens is 3. The van der Waals surface area contributed by atoms with Crippen LogP contribution in [0.25, 0.3) is 11.4 Å². The zero-order valence-corrected chi connectivity index (χ0v) is 15.5. The first-order valence-corrected chi connectivity index (χ1v) is 9.39. The largest absolute Gasteiger partial charge is 0.343 e. The summed E-state index contributed by atoms with van der Waals surface area (Å²) in [5.74, 6) is 1.14. The molecule has 4 N–H and O–H groups in total. The molecule has 4 rings (SSSR count). The fourth-order valence-corrected chi connectivity index (χ4v) is 3.71. The number of hydrogen-bond donors (Lipinski definition) is 4. The molecule has 0 spiro atoms. The topological polar surface area (TPSA) is 117 Å². The third-order valence-electron chi connectivity index (χ3n) is 5.26. The minimum Gasteiger partial charge on any atom is -0.343 e. The number of carbonyl (C=O) groups is 1. The van der Waals surface area contributed by atoms with Crippen molar-refractivity contribution in [3.8, 4) is 11.4 Å². The van der Waals surface area contributed by atoms with E-state index in [9.17, 15) is 4.79 Å². The summed E-state index contributed by atoms with van der Waals surface area (Å²) in [6.07, 6.45) is 4.38. The van der Waals surface area contributed by atoms with Gasteiger partial charge in [0.1, 0.15) is 12.1 Å². The summed E-state index contributed by atoms with van der Waals surface area (Å²) in [5.41, 5.74) is 7.17. The van der Waals surface area contributed by atoms with Gasteiger partial charge in [-0.15, -0.1) is 0 Å². The molecule has 4 unspecified atom stereocenters. The average Bonchev–Trinajstić information content (AvgIpc) is 3.34. The van der Waals surface area contributed by atoms with Gasteiger partial charge in [0.05, 0.1) is 0 Å². The molecule has 0 aliphatic carbocycles. The Morgan fingerprint density at radius 2 is 2.26 bits per heavy atom. The van der Waals surface area contributed by atoms with Crippen LogP contribution in [0.15, 0.2) is 29.0 Å². The molecule has 0 radical (unpaired) electrons. The van der Waals surface area contributed by atoms with Crippen molar-refractivity contribution in [1.29, 1.82) is 0 Å². The highest BCUT2D eigenvalue weighted by Crippen LogP contribution is 2.25. The minimum atomic E-state index is -0.354. The van der Waals surface area contributed by atoms with Crippen LogP contribution in [0.2, 0.25) is 0 Å². The average molecular weight is 371 g/mol. The molecule has 4 atom stereocenters. The van der Waals surface area contributed by atoms with Crippen molar-refractivity contribution in [2.45, 2.75) is 38.4 Å². The summed E-state index contributed by atoms with van der Waals surface area (Å²) in [7, 11) is 0. The molecule has 0 aromatic carbocycles. The van der Waals surface area contributed by atoms with Crippen molar-refractivity contribution in [3.05, 3.63) is 30.4 Å². The van der Waals surface area contributed by atoms with E-state index < -0.39 is 0 Å². The number of nitrogens with one attached hydrogen (secondary N) is 4. The molecule has 2 aromatic heterocycles. The molecule has 2 aliphatic rings. The van der Waals surface area contributed by atoms with Crippen molar-refractivity contribution in [2.24, 2.45) is 11.8 Å². The van der Waals surface area contributed by atoms with Gasteiger partial charge in [-0.1, -0.05) is 19.0 Å². The van der Waals surface area contributed by atoms with Gasteiger partial charge in [-0.05, 0) is 31.0 Å². The lowest BCUT2D eigenvalue weighted by Crippen LogP contribution is -2.50. The zero-order valence-electron chi connectivity index (χ0n) is 15.5. The highest BCUT2D eigenvalue weighted by Gasteiger charge is 2.42. The Kier molecular flexibility index (Phi) is 5.15. The number of amides is 1. The molecule has 2 saturated heterocycles. The fraction of sp³-hybridized carbons (Fsp3) is 0.556. The quantitative estimate of drug-likeness (QED) is 0.597. The van der Waals surface area contributed by atoms with Crippen molar-refractivity contribution in [1.82, 2.24) is 36.6 Å². The van der Waals surface area contributed by atoms with E-state index in [-0.39, 0.29) is 29.8 Å². The maximum Gasteiger partial charge on any atom is 0.249 e. The standard InChI is InChI=1S/C18H25N7O2/c1-10(2)14(18-22-16(25-27-18)11-4-3-6-19-8-11)21-17(26)15-12-9-20-7-5-13(12)23-24-15/h3-4,6,8,10,12-15,20,23-24H,5,7,9H2,1-2H3,(H,21,26). The van der Waals surface area contributed by atoms with Crippen LogP contribution >= 0.6 is 0 Å². The Morgan fingerprint density at radius 3 is 3.04 bits per heavy atom. The second-order valence-corrected chi connectivity index (χ2v) is 7.46. The van der Waals surface area contributed by atoms with Crippen LogP contribution in [-0.2, 0) is 4.79 Å². The highest BCUT2D eigenvalue weighted by molar-refractivity contribution is 5.83. The van der Waals surface area contributed by atoms with Gasteiger partial charge in [-0.25, -0.2) is 5.43 Å². The predicted molar refractivity (Wildman–Crippen MR) is 98.1 cm³/mol. The lowest BCUT2D eigenvalue weighted by Gasteiger charge is -2.28. The van der Waals surface area contributed by atoms with Crippen molar-refractivity contribution in [3.63, 3.8) is 0 Å². The van der Waals surface area contributed by atoms with Crippen molar-refractivity contribution in [2.75, 3.05) is 13.1 Å². The number of hydrogen-bond acceptors (Lipinski definition) is 8. The smallest absolute Gasteiger partial charge is 0.249 e. The lowest BCUT2D eigenvalue weighted by molar-refractivity contribution is -0.125. The molecule has 1 amide bonds. The van der Waals surface area contributed by atoms with Gasteiger partial charge in [0.15, 0.2) is 0 Å². The first-order chi connectivity index (χ1) is 13.1. The summed E-state index contributed by atoms with van der Waals surface area (Å²) < 4.78 is 5.46. The Hall–Kier alpha value is -2.36. The number of rotatable bonds is 5. The van der Waals surface area contributed by atoms with Gasteiger partial charge in [0.2, 0.25) is 17.6 Å². The van der Waals surface area contributed by atoms with E-state index in [0.717, 1.165) is 25.1 Å². The number of piperidine rings is 1. The molecule has 2 aliphatic heterocycles. The molecule has 2 fully saturated rings. The molecular formula is C18H25N7O2. The van der Waals surface area contributed by atoms with E-state index in [1.807, 2.05) is 26.0 Å². The van der Waals surface area contributed by atoms with Gasteiger partial charge in [0, 0.05) is 36.5 Å². The van der Waals surface area contributed by atoms with Crippen LogP contribution in [0.4, 0.5) is 0 Å². The Morgan fingerprint density at radius 1 is 1.37 bits per heavy atom. The van der Waals surface area contributed by atoms with Gasteiger partial charge >= 0.3 is 0 Å². The fourth-order valence-electron chi connectivity index (χ4n) is 3.71. The summed E-state index contributed by atoms with van der Waals surface area (Å²) in [4.78, 5) is 21.5. The summed E-state index contributed by atoms with van der Waals surface area (Å²) >= 11 is 0. The second-order valence-electron chi connectivity index (χ2n) is 7.46. The molecule has 2 aromatic rings. The molecule has 9 heteroatoms. The zero-order chi connectivity index (χ0) is 18.8. The predicted octanol–water partition coefficient (Wildman–Crippen LogP) is 0.399. The first-order valence-electron chi connectivity index (χ1n) is 9.39. The maximum atomic E-state index is 12.9. The van der Waals surface area contributed by atoms with Crippen molar-refractivity contribution < 1.29 is 9.32 Å². The van der Waals surface area contributed by atoms with Crippen LogP contribution < -0.4 is 21.5 Å². The van der Waals surface area contributed by atoms with Gasteiger partial charge in [-0.2, -0.15) is 4.98 Å². The number of hydrazine groups is 1. The van der Waals surface area contributed by atoms with Crippen LogP contribution in [-0.4, -0.2) is 46.2 Å². The molecule has 4 heterocycles. The molecule has 0 bridgehead atoms. The van der Waals surface area contributed by atoms with Crippen LogP contribution in [0, 0.1) is 11.8 Å². The summed E-state index contributed by atoms with van der Waals surface area (Å²) in [6.45, 7) is 5.83. The number of carbonyl (C=O) groups excluding carboxylic acids is 1. The Bertz CT molecular complexity index is 779. The number of fused-ring (bicyclic) bond motifs is 1. The lowest BCUT2D eigenvalue weighted by atomic mass is 9.89. The maximum absolute atomic E-state index is 12.9. The third-order valence-corrected chi connectivity index (χ3v) is 5.26. The van der Waals surface area contributed by atoms with Gasteiger partial charge in [0.25, 0.3) is 0 Å². The van der Waals surface area contributed by atoms with Crippen LogP contribution in [0.1, 0.15) is 32.2 Å². The number of nitrogens with zero attached hydrogens (tertiary/aromatic N) is 3. The summed E-state index contributed by atoms with van der Waals surface area (Å²) in [6, 6.07) is 3.37. The molecule has 144 valence electrons. The van der Waals surface area contributed by atoms with Crippen LogP contribution in [0.5, 0.6) is 0 Å². The Balaban J connectivity index is 1.48. The van der Waals surface area contributed by atoms with Gasteiger partial charge in [-0.3, -0.25) is 15.2 Å². The van der Waals surface area contributed by atoms with E-state index in [1.165, 1.54) is 0 Å². The van der Waals surface area contributed by atoms with Crippen molar-refractivity contribution >= 4 is 5.91 Å².